The van der Waals surface area contributed by atoms with Crippen LogP contribution in [0.15, 0.2) is 60.8 Å². The van der Waals surface area contributed by atoms with Gasteiger partial charge in [-0.05, 0) is 59.9 Å². The number of hydrogen-bond donors (Lipinski definition) is 2. The molecule has 0 atom stereocenters. The number of aromatic nitrogens is 1. The van der Waals surface area contributed by atoms with Gasteiger partial charge in [0.2, 0.25) is 0 Å². The number of carboxylic acid groups (broad SMARTS) is 1. The Bertz CT molecular complexity index is 1650. The largest absolute Gasteiger partial charge is 0.478 e. The zero-order chi connectivity index (χ0) is 31.9. The van der Waals surface area contributed by atoms with E-state index >= 15 is 0 Å². The summed E-state index contributed by atoms with van der Waals surface area (Å²) in [6.07, 6.45) is 4.58. The molecule has 11 heteroatoms. The van der Waals surface area contributed by atoms with Crippen LogP contribution in [0.2, 0.25) is 25.7 Å². The third-order valence-corrected chi connectivity index (χ3v) is 9.37. The fourth-order valence-corrected chi connectivity index (χ4v) is 5.88. The number of carboxylic acids is 1. The number of alkyl carbamates (subject to hydrolysis) is 1. The maximum absolute atomic E-state index is 14.4. The van der Waals surface area contributed by atoms with E-state index in [1.807, 2.05) is 17.0 Å². The topological polar surface area (TPSA) is 139 Å². The van der Waals surface area contributed by atoms with Crippen LogP contribution < -0.4 is 10.2 Å². The smallest absolute Gasteiger partial charge is 0.407 e. The van der Waals surface area contributed by atoms with Gasteiger partial charge >= 0.3 is 12.1 Å². The fraction of sp³-hybridized carbons (Fsp3) is 0.303. The van der Waals surface area contributed by atoms with Crippen LogP contribution in [-0.4, -0.2) is 49.9 Å². The molecule has 0 unspecified atom stereocenters. The number of nitrogens with zero attached hydrogens (tertiary/aromatic N) is 4. The molecule has 2 heterocycles. The van der Waals surface area contributed by atoms with Crippen LogP contribution in [0.5, 0.6) is 0 Å². The van der Waals surface area contributed by atoms with Crippen molar-refractivity contribution in [3.05, 3.63) is 88.9 Å². The first kappa shape index (κ1) is 31.9. The van der Waals surface area contributed by atoms with Gasteiger partial charge in [-0.15, -0.1) is 0 Å². The third-order valence-electron chi connectivity index (χ3n) is 7.67. The highest BCUT2D eigenvalue weighted by molar-refractivity contribution is 6.76. The van der Waals surface area contributed by atoms with Crippen molar-refractivity contribution >= 4 is 32.0 Å². The summed E-state index contributed by atoms with van der Waals surface area (Å²) in [4.78, 5) is 30.4. The Morgan fingerprint density at radius 2 is 1.82 bits per heavy atom. The Morgan fingerprint density at radius 1 is 1.11 bits per heavy atom. The molecular formula is C33H34FN5O4Si. The summed E-state index contributed by atoms with van der Waals surface area (Å²) < 4.78 is 20.0. The number of pyridine rings is 1. The lowest BCUT2D eigenvalue weighted by Crippen LogP contribution is -2.53. The van der Waals surface area contributed by atoms with Crippen molar-refractivity contribution in [1.29, 1.82) is 10.5 Å². The zero-order valence-corrected chi connectivity index (χ0v) is 25.9. The number of piperidine rings is 1. The first-order valence-electron chi connectivity index (χ1n) is 14.3. The second-order valence-electron chi connectivity index (χ2n) is 11.9. The normalized spacial score (nSPS) is 14.5. The summed E-state index contributed by atoms with van der Waals surface area (Å²) in [6.45, 7) is 7.86. The number of nitrogens with one attached hydrogen (secondary N) is 1. The lowest BCUT2D eigenvalue weighted by molar-refractivity contribution is -0.131. The maximum atomic E-state index is 14.4. The Hall–Kier alpha value is -5.00. The Balaban J connectivity index is 1.61. The molecule has 0 bridgehead atoms. The molecule has 1 saturated heterocycles. The van der Waals surface area contributed by atoms with Gasteiger partial charge in [-0.3, -0.25) is 0 Å². The SMILES string of the molecule is C[Si](C)(C)CCOC(=O)NC1(c2ccc(/C=C/C(=O)O)cc2)CCN(c2nccc(-c3ccc(C#N)c(F)c3)c2C#N)CC1. The van der Waals surface area contributed by atoms with E-state index in [9.17, 15) is 19.2 Å². The molecule has 4 rings (SSSR count). The number of aliphatic carboxylic acids is 1. The third kappa shape index (κ3) is 7.68. The molecule has 44 heavy (non-hydrogen) atoms. The van der Waals surface area contributed by atoms with Gasteiger partial charge < -0.3 is 20.1 Å². The molecule has 2 aromatic carbocycles. The van der Waals surface area contributed by atoms with E-state index < -0.39 is 31.5 Å². The van der Waals surface area contributed by atoms with E-state index in [1.54, 1.807) is 36.5 Å². The van der Waals surface area contributed by atoms with Crippen LogP contribution in [0, 0.1) is 28.5 Å². The van der Waals surface area contributed by atoms with Crippen molar-refractivity contribution in [1.82, 2.24) is 10.3 Å². The van der Waals surface area contributed by atoms with E-state index in [0.717, 1.165) is 17.7 Å². The molecule has 1 fully saturated rings. The minimum atomic E-state index is -1.40. The first-order chi connectivity index (χ1) is 20.9. The van der Waals surface area contributed by atoms with Gasteiger partial charge in [0.15, 0.2) is 0 Å². The van der Waals surface area contributed by atoms with Crippen LogP contribution in [-0.2, 0) is 15.1 Å². The van der Waals surface area contributed by atoms with Crippen LogP contribution in [0.25, 0.3) is 17.2 Å². The van der Waals surface area contributed by atoms with Crippen molar-refractivity contribution in [3.63, 3.8) is 0 Å². The van der Waals surface area contributed by atoms with Gasteiger partial charge in [0, 0.05) is 39.0 Å². The Morgan fingerprint density at radius 3 is 2.41 bits per heavy atom. The highest BCUT2D eigenvalue weighted by atomic mass is 28.3. The van der Waals surface area contributed by atoms with E-state index in [-0.39, 0.29) is 11.1 Å². The summed E-state index contributed by atoms with van der Waals surface area (Å²) >= 11 is 0. The molecular weight excluding hydrogens is 577 g/mol. The van der Waals surface area contributed by atoms with Crippen LogP contribution in [0.3, 0.4) is 0 Å². The van der Waals surface area contributed by atoms with Crippen LogP contribution in [0.4, 0.5) is 15.0 Å². The molecule has 2 N–H and O–H groups in total. The van der Waals surface area contributed by atoms with E-state index in [4.69, 9.17) is 15.1 Å². The average Bonchev–Trinajstić information content (AvgIpc) is 2.99. The molecule has 9 nitrogen and oxygen atoms in total. The van der Waals surface area contributed by atoms with Crippen LogP contribution >= 0.6 is 0 Å². The zero-order valence-electron chi connectivity index (χ0n) is 24.9. The molecule has 0 aliphatic carbocycles. The second kappa shape index (κ2) is 13.5. The van der Waals surface area contributed by atoms with Gasteiger partial charge in [0.25, 0.3) is 0 Å². The molecule has 3 aromatic rings. The standard InChI is InChI=1S/C33H34FN5O4Si/c1-44(2,3)19-18-43-32(42)38-33(26-9-4-23(5-10-26)6-11-30(40)41)13-16-39(17-14-33)31-28(22-36)27(12-15-37-31)24-7-8-25(21-35)29(34)20-24/h4-12,15,20H,13-14,16-19H2,1-3H3,(H,38,42)(H,40,41)/b11-6+. The highest BCUT2D eigenvalue weighted by Gasteiger charge is 2.39. The lowest BCUT2D eigenvalue weighted by atomic mass is 9.80. The van der Waals surface area contributed by atoms with Crippen molar-refractivity contribution in [3.8, 4) is 23.3 Å². The van der Waals surface area contributed by atoms with Gasteiger partial charge in [0.05, 0.1) is 17.7 Å². The number of ether oxygens (including phenoxy) is 1. The predicted molar refractivity (Wildman–Crippen MR) is 168 cm³/mol. The average molecular weight is 612 g/mol. The van der Waals surface area contributed by atoms with Crippen molar-refractivity contribution in [2.75, 3.05) is 24.6 Å². The number of carbonyl (C=O) groups excluding carboxylic acids is 1. The van der Waals surface area contributed by atoms with Crippen LogP contribution in [0.1, 0.15) is 35.1 Å². The maximum Gasteiger partial charge on any atom is 0.407 e. The monoisotopic (exact) mass is 611 g/mol. The summed E-state index contributed by atoms with van der Waals surface area (Å²) in [5.41, 5.74) is 1.97. The molecule has 0 spiro atoms. The van der Waals surface area contributed by atoms with E-state index in [1.165, 1.54) is 18.2 Å². The molecule has 1 aliphatic rings. The summed E-state index contributed by atoms with van der Waals surface area (Å²) in [6, 6.07) is 18.1. The number of halogens is 1. The fourth-order valence-electron chi connectivity index (χ4n) is 5.16. The first-order valence-corrected chi connectivity index (χ1v) is 18.0. The predicted octanol–water partition coefficient (Wildman–Crippen LogP) is 6.29. The minimum Gasteiger partial charge on any atom is -0.478 e. The van der Waals surface area contributed by atoms with Gasteiger partial charge in [-0.1, -0.05) is 50.0 Å². The molecule has 1 amide bonds. The van der Waals surface area contributed by atoms with Crippen molar-refractivity contribution < 1.29 is 23.8 Å². The highest BCUT2D eigenvalue weighted by Crippen LogP contribution is 2.37. The molecule has 226 valence electrons. The van der Waals surface area contributed by atoms with Gasteiger partial charge in [0.1, 0.15) is 29.3 Å². The Labute approximate surface area is 257 Å². The number of nitriles is 2. The number of rotatable bonds is 9. The number of anilines is 1. The molecule has 1 aromatic heterocycles. The second-order valence-corrected chi connectivity index (χ2v) is 17.5. The number of benzene rings is 2. The van der Waals surface area contributed by atoms with E-state index in [0.29, 0.717) is 55.0 Å². The quantitative estimate of drug-likeness (QED) is 0.213. The summed E-state index contributed by atoms with van der Waals surface area (Å²) in [7, 11) is -1.40. The van der Waals surface area contributed by atoms with Gasteiger partial charge in [-0.25, -0.2) is 19.0 Å². The van der Waals surface area contributed by atoms with E-state index in [2.05, 4.69) is 36.0 Å². The number of hydrogen-bond acceptors (Lipinski definition) is 7. The van der Waals surface area contributed by atoms with Gasteiger partial charge in [-0.2, -0.15) is 10.5 Å². The minimum absolute atomic E-state index is 0.0774. The number of carbonyl (C=O) groups is 2. The number of amides is 1. The molecule has 0 saturated carbocycles. The molecule has 0 radical (unpaired) electrons. The summed E-state index contributed by atoms with van der Waals surface area (Å²) in [5.74, 6) is -1.25. The lowest BCUT2D eigenvalue weighted by Gasteiger charge is -2.43. The van der Waals surface area contributed by atoms with Crippen molar-refractivity contribution in [2.45, 2.75) is 44.1 Å². The summed E-state index contributed by atoms with van der Waals surface area (Å²) in [5, 5.41) is 31.3. The molecule has 1 aliphatic heterocycles. The van der Waals surface area contributed by atoms with Crippen molar-refractivity contribution in [2.24, 2.45) is 0 Å². The Kier molecular flexibility index (Phi) is 9.82.